The van der Waals surface area contributed by atoms with Crippen LogP contribution >= 0.6 is 11.3 Å². The Morgan fingerprint density at radius 1 is 1.38 bits per heavy atom. The molecular weight excluding hydrogens is 324 g/mol. The number of amides is 1. The van der Waals surface area contributed by atoms with Crippen LogP contribution in [-0.4, -0.2) is 32.0 Å². The standard InChI is InChI=1S/C16H18N6OS/c1-9-4-10(5-9)6-18-14-3-2-11(20-21-14)12-7-22-13(15(17)23)8-24-16(22)19-12/h2-3,7-10H,4-6H2,1H3,(H2,17,23)(H,18,21). The minimum atomic E-state index is -0.471. The van der Waals surface area contributed by atoms with E-state index in [1.165, 1.54) is 24.2 Å². The number of nitrogens with zero attached hydrogens (tertiary/aromatic N) is 4. The molecule has 3 heterocycles. The van der Waals surface area contributed by atoms with Crippen LogP contribution in [0.1, 0.15) is 30.3 Å². The molecule has 0 unspecified atom stereocenters. The van der Waals surface area contributed by atoms with Gasteiger partial charge in [0.15, 0.2) is 4.96 Å². The van der Waals surface area contributed by atoms with Crippen molar-refractivity contribution >= 4 is 28.0 Å². The number of rotatable bonds is 5. The summed E-state index contributed by atoms with van der Waals surface area (Å²) in [6.45, 7) is 3.23. The summed E-state index contributed by atoms with van der Waals surface area (Å²) in [5.41, 5.74) is 7.13. The molecule has 1 amide bonds. The van der Waals surface area contributed by atoms with Crippen LogP contribution in [0.2, 0.25) is 0 Å². The van der Waals surface area contributed by atoms with Crippen molar-refractivity contribution in [2.45, 2.75) is 19.8 Å². The first-order valence-corrected chi connectivity index (χ1v) is 8.82. The molecule has 3 aromatic rings. The molecule has 3 aromatic heterocycles. The van der Waals surface area contributed by atoms with E-state index in [-0.39, 0.29) is 0 Å². The Morgan fingerprint density at radius 3 is 2.88 bits per heavy atom. The van der Waals surface area contributed by atoms with Crippen LogP contribution in [-0.2, 0) is 0 Å². The molecule has 0 bridgehead atoms. The molecule has 0 spiro atoms. The number of imidazole rings is 1. The van der Waals surface area contributed by atoms with Gasteiger partial charge in [-0.2, -0.15) is 0 Å². The van der Waals surface area contributed by atoms with Gasteiger partial charge in [-0.05, 0) is 36.8 Å². The van der Waals surface area contributed by atoms with Crippen molar-refractivity contribution in [2.24, 2.45) is 17.6 Å². The second-order valence-corrected chi connectivity index (χ2v) is 7.23. The predicted octanol–water partition coefficient (Wildman–Crippen LogP) is 2.41. The lowest BCUT2D eigenvalue weighted by Crippen LogP contribution is -2.27. The van der Waals surface area contributed by atoms with Gasteiger partial charge in [0.05, 0.1) is 0 Å². The first kappa shape index (κ1) is 15.1. The van der Waals surface area contributed by atoms with E-state index >= 15 is 0 Å². The van der Waals surface area contributed by atoms with Gasteiger partial charge in [-0.25, -0.2) is 4.98 Å². The summed E-state index contributed by atoms with van der Waals surface area (Å²) in [5, 5.41) is 13.5. The maximum atomic E-state index is 11.4. The number of anilines is 1. The molecule has 0 radical (unpaired) electrons. The molecule has 124 valence electrons. The zero-order valence-electron chi connectivity index (χ0n) is 13.3. The molecule has 4 rings (SSSR count). The molecule has 8 heteroatoms. The lowest BCUT2D eigenvalue weighted by molar-refractivity contribution is 0.0995. The van der Waals surface area contributed by atoms with E-state index in [0.717, 1.165) is 24.2 Å². The fraction of sp³-hybridized carbons (Fsp3) is 0.375. The molecule has 1 aliphatic rings. The van der Waals surface area contributed by atoms with E-state index in [9.17, 15) is 4.79 Å². The van der Waals surface area contributed by atoms with Crippen molar-refractivity contribution < 1.29 is 4.79 Å². The van der Waals surface area contributed by atoms with Gasteiger partial charge in [-0.15, -0.1) is 21.5 Å². The van der Waals surface area contributed by atoms with E-state index in [4.69, 9.17) is 5.73 Å². The number of carbonyl (C=O) groups excluding carboxylic acids is 1. The number of nitrogens with two attached hydrogens (primary N) is 1. The van der Waals surface area contributed by atoms with Crippen molar-refractivity contribution in [3.63, 3.8) is 0 Å². The number of carbonyl (C=O) groups is 1. The monoisotopic (exact) mass is 342 g/mol. The molecule has 7 nitrogen and oxygen atoms in total. The van der Waals surface area contributed by atoms with Crippen LogP contribution in [0.5, 0.6) is 0 Å². The van der Waals surface area contributed by atoms with Crippen LogP contribution in [0.3, 0.4) is 0 Å². The van der Waals surface area contributed by atoms with Crippen LogP contribution in [0.25, 0.3) is 16.3 Å². The molecule has 0 aromatic carbocycles. The lowest BCUT2D eigenvalue weighted by atomic mass is 9.76. The van der Waals surface area contributed by atoms with Gasteiger partial charge in [-0.3, -0.25) is 9.20 Å². The average molecular weight is 342 g/mol. The fourth-order valence-electron chi connectivity index (χ4n) is 3.13. The Labute approximate surface area is 142 Å². The van der Waals surface area contributed by atoms with Crippen molar-refractivity contribution in [1.82, 2.24) is 19.6 Å². The fourth-order valence-corrected chi connectivity index (χ4v) is 3.99. The first-order valence-electron chi connectivity index (χ1n) is 7.94. The largest absolute Gasteiger partial charge is 0.368 e. The third-order valence-corrected chi connectivity index (χ3v) is 5.27. The summed E-state index contributed by atoms with van der Waals surface area (Å²) >= 11 is 1.37. The Bertz CT molecular complexity index is 878. The van der Waals surface area contributed by atoms with Crippen molar-refractivity contribution in [3.8, 4) is 11.4 Å². The number of nitrogens with one attached hydrogen (secondary N) is 1. The quantitative estimate of drug-likeness (QED) is 0.742. The lowest BCUT2D eigenvalue weighted by Gasteiger charge is -2.32. The highest BCUT2D eigenvalue weighted by atomic mass is 32.1. The zero-order chi connectivity index (χ0) is 16.7. The number of hydrogen-bond donors (Lipinski definition) is 2. The van der Waals surface area contributed by atoms with Crippen LogP contribution < -0.4 is 11.1 Å². The number of primary amides is 1. The van der Waals surface area contributed by atoms with Gasteiger partial charge in [0.2, 0.25) is 0 Å². The molecule has 1 fully saturated rings. The minimum absolute atomic E-state index is 0.426. The third kappa shape index (κ3) is 2.73. The van der Waals surface area contributed by atoms with Gasteiger partial charge in [0.25, 0.3) is 5.91 Å². The van der Waals surface area contributed by atoms with Gasteiger partial charge in [0.1, 0.15) is 22.9 Å². The second kappa shape index (κ2) is 5.86. The highest BCUT2D eigenvalue weighted by Gasteiger charge is 2.24. The average Bonchev–Trinajstić information content (AvgIpc) is 3.11. The van der Waals surface area contributed by atoms with Crippen LogP contribution in [0.4, 0.5) is 5.82 Å². The topological polar surface area (TPSA) is 98.2 Å². The zero-order valence-corrected chi connectivity index (χ0v) is 14.1. The Balaban J connectivity index is 1.49. The SMILES string of the molecule is CC1CC(CNc2ccc(-c3cn4c(C(N)=O)csc4n3)nn2)C1. The number of hydrogen-bond acceptors (Lipinski definition) is 6. The maximum absolute atomic E-state index is 11.4. The highest BCUT2D eigenvalue weighted by Crippen LogP contribution is 2.32. The first-order chi connectivity index (χ1) is 11.6. The van der Waals surface area contributed by atoms with Crippen LogP contribution in [0, 0.1) is 11.8 Å². The van der Waals surface area contributed by atoms with Gasteiger partial charge >= 0.3 is 0 Å². The molecule has 0 aliphatic heterocycles. The van der Waals surface area contributed by atoms with Gasteiger partial charge < -0.3 is 11.1 Å². The number of thiazole rings is 1. The van der Waals surface area contributed by atoms with Crippen molar-refractivity contribution in [2.75, 3.05) is 11.9 Å². The van der Waals surface area contributed by atoms with Crippen molar-refractivity contribution in [1.29, 1.82) is 0 Å². The number of aromatic nitrogens is 4. The Kier molecular flexibility index (Phi) is 3.68. The maximum Gasteiger partial charge on any atom is 0.266 e. The van der Waals surface area contributed by atoms with Gasteiger partial charge in [-0.1, -0.05) is 6.92 Å². The molecular formula is C16H18N6OS. The second-order valence-electron chi connectivity index (χ2n) is 6.39. The summed E-state index contributed by atoms with van der Waals surface area (Å²) < 4.78 is 1.69. The van der Waals surface area contributed by atoms with E-state index in [1.807, 2.05) is 12.1 Å². The van der Waals surface area contributed by atoms with E-state index in [0.29, 0.717) is 22.0 Å². The van der Waals surface area contributed by atoms with E-state index in [2.05, 4.69) is 27.4 Å². The molecule has 24 heavy (non-hydrogen) atoms. The summed E-state index contributed by atoms with van der Waals surface area (Å²) in [5.74, 6) is 1.90. The smallest absolute Gasteiger partial charge is 0.266 e. The summed E-state index contributed by atoms with van der Waals surface area (Å²) in [7, 11) is 0. The highest BCUT2D eigenvalue weighted by molar-refractivity contribution is 7.15. The number of fused-ring (bicyclic) bond motifs is 1. The molecule has 1 aliphatic carbocycles. The predicted molar refractivity (Wildman–Crippen MR) is 93.0 cm³/mol. The Morgan fingerprint density at radius 2 is 2.21 bits per heavy atom. The third-order valence-electron chi connectivity index (χ3n) is 4.43. The summed E-state index contributed by atoms with van der Waals surface area (Å²) in [6, 6.07) is 3.79. The molecule has 1 saturated carbocycles. The van der Waals surface area contributed by atoms with E-state index < -0.39 is 5.91 Å². The Hall–Kier alpha value is -2.48. The van der Waals surface area contributed by atoms with E-state index in [1.54, 1.807) is 16.0 Å². The van der Waals surface area contributed by atoms with Crippen LogP contribution in [0.15, 0.2) is 23.7 Å². The summed E-state index contributed by atoms with van der Waals surface area (Å²) in [4.78, 5) is 16.6. The summed E-state index contributed by atoms with van der Waals surface area (Å²) in [6.07, 6.45) is 4.33. The normalized spacial score (nSPS) is 20.0. The van der Waals surface area contributed by atoms with Crippen molar-refractivity contribution in [3.05, 3.63) is 29.4 Å². The molecule has 0 atom stereocenters. The molecule has 0 saturated heterocycles. The van der Waals surface area contributed by atoms with Gasteiger partial charge in [0, 0.05) is 18.1 Å². The minimum Gasteiger partial charge on any atom is -0.368 e. The molecule has 3 N–H and O–H groups in total.